The van der Waals surface area contributed by atoms with E-state index in [-0.39, 0.29) is 36.2 Å². The Morgan fingerprint density at radius 1 is 0.783 bits per heavy atom. The van der Waals surface area contributed by atoms with Gasteiger partial charge in [0.1, 0.15) is 0 Å². The summed E-state index contributed by atoms with van der Waals surface area (Å²) in [6, 6.07) is 33.9. The zero-order chi connectivity index (χ0) is 31.9. The first-order valence-electron chi connectivity index (χ1n) is 15.0. The van der Waals surface area contributed by atoms with Crippen LogP contribution in [-0.2, 0) is 32.6 Å². The van der Waals surface area contributed by atoms with Gasteiger partial charge in [-0.15, -0.1) is 0 Å². The van der Waals surface area contributed by atoms with E-state index in [2.05, 4.69) is 27.7 Å². The number of rotatable bonds is 11. The Balaban J connectivity index is 1.23. The molecule has 0 spiro atoms. The van der Waals surface area contributed by atoms with Crippen LogP contribution in [-0.4, -0.2) is 35.3 Å². The molecule has 4 atom stereocenters. The molecule has 0 aliphatic carbocycles. The number of ether oxygens (including phenoxy) is 2. The summed E-state index contributed by atoms with van der Waals surface area (Å²) in [5.74, 6) is 0.684. The Morgan fingerprint density at radius 2 is 1.50 bits per heavy atom. The molecule has 6 rings (SSSR count). The molecular formula is C36H35N3O5S2. The Labute approximate surface area is 273 Å². The van der Waals surface area contributed by atoms with E-state index in [1.807, 2.05) is 66.7 Å². The number of nitrogens with one attached hydrogen (secondary N) is 1. The first-order chi connectivity index (χ1) is 22.4. The third-order valence-electron chi connectivity index (χ3n) is 7.98. The minimum absolute atomic E-state index is 0.0175. The lowest BCUT2D eigenvalue weighted by Crippen LogP contribution is -2.38. The number of thioether (sulfide) groups is 1. The Kier molecular flexibility index (Phi) is 10.2. The van der Waals surface area contributed by atoms with Crippen LogP contribution in [0, 0.1) is 5.92 Å². The van der Waals surface area contributed by atoms with Gasteiger partial charge < -0.3 is 14.6 Å². The summed E-state index contributed by atoms with van der Waals surface area (Å²) in [7, 11) is -3.63. The highest BCUT2D eigenvalue weighted by Crippen LogP contribution is 2.43. The zero-order valence-electron chi connectivity index (χ0n) is 25.3. The molecule has 2 heterocycles. The van der Waals surface area contributed by atoms with Gasteiger partial charge in [0.2, 0.25) is 10.0 Å². The topological polar surface area (TPSA) is 111 Å². The summed E-state index contributed by atoms with van der Waals surface area (Å²) >= 11 is 1.55. The van der Waals surface area contributed by atoms with Crippen molar-refractivity contribution in [1.29, 1.82) is 0 Å². The summed E-state index contributed by atoms with van der Waals surface area (Å²) in [6.45, 7) is 2.28. The van der Waals surface area contributed by atoms with Gasteiger partial charge in [-0.1, -0.05) is 97.5 Å². The van der Waals surface area contributed by atoms with Gasteiger partial charge in [0.25, 0.3) is 0 Å². The number of aliphatic hydroxyl groups is 1. The van der Waals surface area contributed by atoms with Crippen molar-refractivity contribution in [2.24, 2.45) is 5.92 Å². The molecule has 5 aromatic rings. The molecule has 1 saturated heterocycles. The Morgan fingerprint density at radius 3 is 2.24 bits per heavy atom. The van der Waals surface area contributed by atoms with Gasteiger partial charge >= 0.3 is 0 Å². The summed E-state index contributed by atoms with van der Waals surface area (Å²) < 4.78 is 41.5. The second-order valence-electron chi connectivity index (χ2n) is 11.1. The third-order valence-corrected chi connectivity index (χ3v) is 10.4. The summed E-state index contributed by atoms with van der Waals surface area (Å²) in [4.78, 5) is 8.95. The molecule has 0 amide bonds. The first-order valence-corrected chi connectivity index (χ1v) is 17.5. The molecule has 1 aromatic heterocycles. The molecule has 236 valence electrons. The molecule has 46 heavy (non-hydrogen) atoms. The van der Waals surface area contributed by atoms with Gasteiger partial charge in [0, 0.05) is 36.2 Å². The van der Waals surface area contributed by atoms with E-state index < -0.39 is 16.3 Å². The van der Waals surface area contributed by atoms with Crippen LogP contribution in [0.5, 0.6) is 0 Å². The fraction of sp³-hybridized carbons (Fsp3) is 0.222. The normalized spacial score (nSPS) is 20.0. The molecule has 2 N–H and O–H groups in total. The van der Waals surface area contributed by atoms with Crippen molar-refractivity contribution in [1.82, 2.24) is 14.7 Å². The van der Waals surface area contributed by atoms with Crippen LogP contribution in [0.3, 0.4) is 0 Å². The molecule has 0 bridgehead atoms. The monoisotopic (exact) mass is 653 g/mol. The lowest BCUT2D eigenvalue weighted by Gasteiger charge is -2.41. The Hall–Kier alpha value is -3.90. The van der Waals surface area contributed by atoms with Crippen molar-refractivity contribution in [3.8, 4) is 11.1 Å². The predicted molar refractivity (Wildman–Crippen MR) is 178 cm³/mol. The van der Waals surface area contributed by atoms with E-state index >= 15 is 0 Å². The average Bonchev–Trinajstić information content (AvgIpc) is 3.11. The SMILES string of the molecule is CC1C(CSc2ncccn2)OC(c2cccc(-c3cccc(CNS(=O)(=O)c4ccccc4)c3)c2)OC1c1ccc(CO)cc1. The van der Waals surface area contributed by atoms with Crippen LogP contribution >= 0.6 is 11.8 Å². The minimum atomic E-state index is -3.63. The van der Waals surface area contributed by atoms with E-state index in [1.54, 1.807) is 60.6 Å². The van der Waals surface area contributed by atoms with Crippen molar-refractivity contribution in [2.75, 3.05) is 5.75 Å². The molecule has 0 radical (unpaired) electrons. The lowest BCUT2D eigenvalue weighted by atomic mass is 9.91. The third kappa shape index (κ3) is 7.72. The number of nitrogens with zero attached hydrogens (tertiary/aromatic N) is 2. The van der Waals surface area contributed by atoms with Crippen LogP contribution in [0.1, 0.15) is 41.6 Å². The smallest absolute Gasteiger partial charge is 0.240 e. The van der Waals surface area contributed by atoms with Crippen LogP contribution in [0.4, 0.5) is 0 Å². The number of aromatic nitrogens is 2. The van der Waals surface area contributed by atoms with Crippen molar-refractivity contribution in [2.45, 2.75) is 48.6 Å². The van der Waals surface area contributed by atoms with Gasteiger partial charge in [0.05, 0.1) is 23.7 Å². The van der Waals surface area contributed by atoms with Crippen molar-refractivity contribution in [3.05, 3.63) is 144 Å². The van der Waals surface area contributed by atoms with E-state index in [0.29, 0.717) is 10.9 Å². The van der Waals surface area contributed by atoms with Crippen LogP contribution in [0.15, 0.2) is 132 Å². The largest absolute Gasteiger partial charge is 0.392 e. The maximum atomic E-state index is 12.8. The van der Waals surface area contributed by atoms with E-state index in [0.717, 1.165) is 33.4 Å². The summed E-state index contributed by atoms with van der Waals surface area (Å²) in [5.41, 5.74) is 5.49. The lowest BCUT2D eigenvalue weighted by molar-refractivity contribution is -0.268. The predicted octanol–water partition coefficient (Wildman–Crippen LogP) is 6.70. The number of benzene rings is 4. The van der Waals surface area contributed by atoms with Gasteiger partial charge in [-0.3, -0.25) is 0 Å². The molecule has 1 aliphatic rings. The highest BCUT2D eigenvalue weighted by Gasteiger charge is 2.38. The van der Waals surface area contributed by atoms with Gasteiger partial charge in [0.15, 0.2) is 11.4 Å². The molecule has 1 fully saturated rings. The fourth-order valence-electron chi connectivity index (χ4n) is 5.41. The number of sulfonamides is 1. The van der Waals surface area contributed by atoms with Crippen LogP contribution in [0.25, 0.3) is 11.1 Å². The maximum Gasteiger partial charge on any atom is 0.240 e. The molecule has 4 aromatic carbocycles. The highest BCUT2D eigenvalue weighted by atomic mass is 32.2. The van der Waals surface area contributed by atoms with Gasteiger partial charge in [-0.2, -0.15) is 0 Å². The van der Waals surface area contributed by atoms with Crippen molar-refractivity contribution < 1.29 is 23.0 Å². The second-order valence-corrected chi connectivity index (χ2v) is 13.9. The van der Waals surface area contributed by atoms with Gasteiger partial charge in [-0.25, -0.2) is 23.1 Å². The van der Waals surface area contributed by atoms with Crippen molar-refractivity contribution >= 4 is 21.8 Å². The first kappa shape index (κ1) is 32.1. The quantitative estimate of drug-likeness (QED) is 0.120. The van der Waals surface area contributed by atoms with Crippen LogP contribution in [0.2, 0.25) is 0 Å². The Bertz CT molecular complexity index is 1840. The fourth-order valence-corrected chi connectivity index (χ4v) is 7.42. The molecular weight excluding hydrogens is 619 g/mol. The maximum absolute atomic E-state index is 12.8. The van der Waals surface area contributed by atoms with Crippen molar-refractivity contribution in [3.63, 3.8) is 0 Å². The number of hydrogen-bond acceptors (Lipinski definition) is 8. The van der Waals surface area contributed by atoms with Crippen LogP contribution < -0.4 is 4.72 Å². The second kappa shape index (κ2) is 14.7. The van der Waals surface area contributed by atoms with E-state index in [1.165, 1.54) is 0 Å². The highest BCUT2D eigenvalue weighted by molar-refractivity contribution is 7.99. The number of aliphatic hydroxyl groups excluding tert-OH is 1. The average molecular weight is 654 g/mol. The summed E-state index contributed by atoms with van der Waals surface area (Å²) in [5, 5.41) is 10.2. The molecule has 4 unspecified atom stereocenters. The molecule has 1 aliphatic heterocycles. The standard InChI is InChI=1S/C36H35N3O5S2/c1-25-33(24-45-36-37-18-7-19-38-36)43-35(44-34(25)28-16-14-26(23-40)15-17-28)31-11-6-10-30(21-31)29-9-5-8-27(20-29)22-39-46(41,42)32-12-3-2-4-13-32/h2-21,25,33-35,39-40H,22-24H2,1H3. The van der Waals surface area contributed by atoms with E-state index in [9.17, 15) is 13.5 Å². The van der Waals surface area contributed by atoms with E-state index in [4.69, 9.17) is 9.47 Å². The number of hydrogen-bond donors (Lipinski definition) is 2. The minimum Gasteiger partial charge on any atom is -0.392 e. The molecule has 8 nitrogen and oxygen atoms in total. The summed E-state index contributed by atoms with van der Waals surface area (Å²) in [6.07, 6.45) is 2.45. The molecule has 0 saturated carbocycles. The zero-order valence-corrected chi connectivity index (χ0v) is 26.9. The van der Waals surface area contributed by atoms with Gasteiger partial charge in [-0.05, 0) is 58.1 Å². The molecule has 10 heteroatoms.